The van der Waals surface area contributed by atoms with E-state index in [1.807, 2.05) is 71.3 Å². The van der Waals surface area contributed by atoms with Gasteiger partial charge in [-0.25, -0.2) is 4.68 Å². The lowest BCUT2D eigenvalue weighted by atomic mass is 10.3. The Balaban J connectivity index is 1.31. The van der Waals surface area contributed by atoms with E-state index in [-0.39, 0.29) is 12.5 Å². The largest absolute Gasteiger partial charge is 0.457 e. The minimum atomic E-state index is -0.260. The number of benzene rings is 4. The van der Waals surface area contributed by atoms with Crippen LogP contribution >= 0.6 is 35.4 Å². The molecular formula is C29H23Cl2N5O2S. The first kappa shape index (κ1) is 26.5. The summed E-state index contributed by atoms with van der Waals surface area (Å²) in [6.45, 7) is 0.286. The van der Waals surface area contributed by atoms with Crippen molar-refractivity contribution in [3.63, 3.8) is 0 Å². The number of halogens is 2. The van der Waals surface area contributed by atoms with Gasteiger partial charge in [-0.05, 0) is 78.9 Å². The minimum absolute atomic E-state index is 0.0549. The van der Waals surface area contributed by atoms with Gasteiger partial charge in [-0.1, -0.05) is 59.6 Å². The molecule has 0 bridgehead atoms. The molecule has 0 aliphatic carbocycles. The van der Waals surface area contributed by atoms with Crippen molar-refractivity contribution in [3.8, 4) is 17.2 Å². The van der Waals surface area contributed by atoms with Crippen LogP contribution < -0.4 is 15.4 Å². The number of ether oxygens (including phenoxy) is 1. The number of amides is 1. The molecule has 0 atom stereocenters. The van der Waals surface area contributed by atoms with Crippen LogP contribution in [0.5, 0.6) is 11.5 Å². The summed E-state index contributed by atoms with van der Waals surface area (Å²) in [4.78, 5) is 12.9. The minimum Gasteiger partial charge on any atom is -0.457 e. The molecule has 1 amide bonds. The number of nitrogens with zero attached hydrogens (tertiary/aromatic N) is 3. The van der Waals surface area contributed by atoms with Crippen LogP contribution in [0.4, 0.5) is 11.4 Å². The van der Waals surface area contributed by atoms with Crippen LogP contribution in [0.25, 0.3) is 5.69 Å². The summed E-state index contributed by atoms with van der Waals surface area (Å²) in [6.07, 6.45) is 0. The second-order valence-electron chi connectivity index (χ2n) is 8.50. The van der Waals surface area contributed by atoms with E-state index in [9.17, 15) is 4.79 Å². The molecular weight excluding hydrogens is 553 g/mol. The SMILES string of the molecule is O=C(Cn1nc(CNc2ccc(Cl)c(Cl)c2)n(-c2ccccc2)c1=S)Nc1ccc(Oc2ccccc2)cc1. The molecule has 0 fully saturated rings. The van der Waals surface area contributed by atoms with Crippen molar-refractivity contribution in [3.05, 3.63) is 124 Å². The van der Waals surface area contributed by atoms with E-state index in [2.05, 4.69) is 15.7 Å². The molecule has 4 aromatic carbocycles. The molecule has 5 aromatic rings. The highest BCUT2D eigenvalue weighted by Crippen LogP contribution is 2.26. The molecule has 196 valence electrons. The number of carbonyl (C=O) groups excluding carboxylic acids is 1. The lowest BCUT2D eigenvalue weighted by molar-refractivity contribution is -0.116. The van der Waals surface area contributed by atoms with Gasteiger partial charge in [0.25, 0.3) is 0 Å². The van der Waals surface area contributed by atoms with E-state index in [4.69, 9.17) is 40.2 Å². The van der Waals surface area contributed by atoms with Crippen LogP contribution in [0.3, 0.4) is 0 Å². The van der Waals surface area contributed by atoms with Gasteiger partial charge in [-0.15, -0.1) is 0 Å². The molecule has 7 nitrogen and oxygen atoms in total. The van der Waals surface area contributed by atoms with Gasteiger partial charge in [0.2, 0.25) is 10.7 Å². The third kappa shape index (κ3) is 6.67. The fourth-order valence-corrected chi connectivity index (χ4v) is 4.48. The Hall–Kier alpha value is -4.11. The van der Waals surface area contributed by atoms with Crippen molar-refractivity contribution >= 4 is 52.7 Å². The van der Waals surface area contributed by atoms with E-state index >= 15 is 0 Å². The van der Waals surface area contributed by atoms with Gasteiger partial charge in [-0.3, -0.25) is 9.36 Å². The van der Waals surface area contributed by atoms with Gasteiger partial charge in [0.15, 0.2) is 5.82 Å². The number of carbonyl (C=O) groups is 1. The highest BCUT2D eigenvalue weighted by Gasteiger charge is 2.15. The van der Waals surface area contributed by atoms with Gasteiger partial charge >= 0.3 is 0 Å². The van der Waals surface area contributed by atoms with Crippen molar-refractivity contribution in [2.75, 3.05) is 10.6 Å². The standard InChI is InChI=1S/C29H23Cl2N5O2S/c30-25-16-13-21(17-26(25)31)32-18-27-34-35(29(39)36(27)22-7-3-1-4-8-22)19-28(37)33-20-11-14-24(15-12-20)38-23-9-5-2-6-10-23/h1-17,32H,18-19H2,(H,33,37). The fraction of sp³-hybridized carbons (Fsp3) is 0.0690. The van der Waals surface area contributed by atoms with Crippen LogP contribution in [0.15, 0.2) is 103 Å². The maximum absolute atomic E-state index is 12.9. The molecule has 1 heterocycles. The lowest BCUT2D eigenvalue weighted by Crippen LogP contribution is -2.20. The number of para-hydroxylation sites is 2. The van der Waals surface area contributed by atoms with Crippen LogP contribution in [0, 0.1) is 4.77 Å². The molecule has 0 spiro atoms. The van der Waals surface area contributed by atoms with Gasteiger partial charge in [0, 0.05) is 17.1 Å². The fourth-order valence-electron chi connectivity index (χ4n) is 3.86. The van der Waals surface area contributed by atoms with Gasteiger partial charge in [0.05, 0.1) is 16.6 Å². The first-order chi connectivity index (χ1) is 19.0. The predicted molar refractivity (Wildman–Crippen MR) is 158 cm³/mol. The number of anilines is 2. The van der Waals surface area contributed by atoms with Crippen molar-refractivity contribution in [2.24, 2.45) is 0 Å². The van der Waals surface area contributed by atoms with Gasteiger partial charge < -0.3 is 15.4 Å². The Morgan fingerprint density at radius 1 is 0.821 bits per heavy atom. The zero-order chi connectivity index (χ0) is 27.2. The summed E-state index contributed by atoms with van der Waals surface area (Å²) in [6, 6.07) is 31.6. The Labute approximate surface area is 240 Å². The first-order valence-electron chi connectivity index (χ1n) is 12.0. The van der Waals surface area contributed by atoms with Gasteiger partial charge in [0.1, 0.15) is 18.0 Å². The van der Waals surface area contributed by atoms with E-state index in [0.717, 1.165) is 17.1 Å². The summed E-state index contributed by atoms with van der Waals surface area (Å²) in [5.41, 5.74) is 2.26. The molecule has 0 aliphatic rings. The smallest absolute Gasteiger partial charge is 0.246 e. The monoisotopic (exact) mass is 575 g/mol. The topological polar surface area (TPSA) is 73.1 Å². The lowest BCUT2D eigenvalue weighted by Gasteiger charge is -2.09. The quantitative estimate of drug-likeness (QED) is 0.176. The van der Waals surface area contributed by atoms with Crippen molar-refractivity contribution in [2.45, 2.75) is 13.1 Å². The number of aromatic nitrogens is 3. The van der Waals surface area contributed by atoms with Crippen molar-refractivity contribution in [1.82, 2.24) is 14.3 Å². The van der Waals surface area contributed by atoms with Crippen LogP contribution in [-0.4, -0.2) is 20.3 Å². The van der Waals surface area contributed by atoms with Crippen molar-refractivity contribution < 1.29 is 9.53 Å². The molecule has 0 radical (unpaired) electrons. The summed E-state index contributed by atoms with van der Waals surface area (Å²) >= 11 is 17.9. The number of hydrogen-bond donors (Lipinski definition) is 2. The molecule has 1 aromatic heterocycles. The van der Waals surface area contributed by atoms with E-state index in [1.54, 1.807) is 36.4 Å². The normalized spacial score (nSPS) is 10.7. The molecule has 0 unspecified atom stereocenters. The Morgan fingerprint density at radius 2 is 1.46 bits per heavy atom. The van der Waals surface area contributed by atoms with Crippen LogP contribution in [0.2, 0.25) is 10.0 Å². The van der Waals surface area contributed by atoms with E-state index < -0.39 is 0 Å². The second-order valence-corrected chi connectivity index (χ2v) is 9.68. The first-order valence-corrected chi connectivity index (χ1v) is 13.2. The number of hydrogen-bond acceptors (Lipinski definition) is 5. The second kappa shape index (κ2) is 12.2. The number of nitrogens with one attached hydrogen (secondary N) is 2. The third-order valence-corrected chi connectivity index (χ3v) is 6.83. The Kier molecular flexibility index (Phi) is 8.27. The maximum Gasteiger partial charge on any atom is 0.246 e. The summed E-state index contributed by atoms with van der Waals surface area (Å²) in [5, 5.41) is 11.8. The van der Waals surface area contributed by atoms with Crippen molar-refractivity contribution in [1.29, 1.82) is 0 Å². The summed E-state index contributed by atoms with van der Waals surface area (Å²) in [7, 11) is 0. The third-order valence-electron chi connectivity index (χ3n) is 5.70. The van der Waals surface area contributed by atoms with E-state index in [1.165, 1.54) is 4.68 Å². The molecule has 0 saturated carbocycles. The molecule has 0 saturated heterocycles. The predicted octanol–water partition coefficient (Wildman–Crippen LogP) is 7.75. The van der Waals surface area contributed by atoms with E-state index in [0.29, 0.717) is 38.6 Å². The summed E-state index contributed by atoms with van der Waals surface area (Å²) in [5.74, 6) is 1.78. The highest BCUT2D eigenvalue weighted by molar-refractivity contribution is 7.71. The average molecular weight is 577 g/mol. The summed E-state index contributed by atoms with van der Waals surface area (Å²) < 4.78 is 9.56. The number of rotatable bonds is 9. The highest BCUT2D eigenvalue weighted by atomic mass is 35.5. The van der Waals surface area contributed by atoms with Crippen LogP contribution in [0.1, 0.15) is 5.82 Å². The average Bonchev–Trinajstić information content (AvgIpc) is 3.25. The Bertz CT molecular complexity index is 1640. The van der Waals surface area contributed by atoms with Crippen LogP contribution in [-0.2, 0) is 17.9 Å². The molecule has 2 N–H and O–H groups in total. The maximum atomic E-state index is 12.9. The zero-order valence-electron chi connectivity index (χ0n) is 20.6. The molecule has 0 aliphatic heterocycles. The molecule has 39 heavy (non-hydrogen) atoms. The molecule has 10 heteroatoms. The zero-order valence-corrected chi connectivity index (χ0v) is 22.9. The van der Waals surface area contributed by atoms with Gasteiger partial charge in [-0.2, -0.15) is 5.10 Å². The molecule has 5 rings (SSSR count). The Morgan fingerprint density at radius 3 is 2.15 bits per heavy atom.